The third-order valence-corrected chi connectivity index (χ3v) is 5.89. The van der Waals surface area contributed by atoms with Gasteiger partial charge in [0.25, 0.3) is 11.8 Å². The zero-order chi connectivity index (χ0) is 23.9. The van der Waals surface area contributed by atoms with Crippen molar-refractivity contribution in [1.82, 2.24) is 15.3 Å². The van der Waals surface area contributed by atoms with E-state index < -0.39 is 6.04 Å². The third-order valence-electron chi connectivity index (χ3n) is 5.89. The molecule has 0 spiro atoms. The smallest absolute Gasteiger partial charge is 0.280 e. The summed E-state index contributed by atoms with van der Waals surface area (Å²) >= 11 is 0. The zero-order valence-electron chi connectivity index (χ0n) is 19.7. The first kappa shape index (κ1) is 22.5. The maximum atomic E-state index is 13.6. The second kappa shape index (κ2) is 8.37. The number of aromatic amines is 1. The number of benzene rings is 2. The summed E-state index contributed by atoms with van der Waals surface area (Å²) in [6, 6.07) is 14.2. The molecule has 2 heterocycles. The Hall–Kier alpha value is -3.65. The Balaban J connectivity index is 1.86. The van der Waals surface area contributed by atoms with Crippen molar-refractivity contribution < 1.29 is 19.2 Å². The Labute approximate surface area is 193 Å². The number of fused-ring (bicyclic) bond motifs is 1. The van der Waals surface area contributed by atoms with Crippen molar-refractivity contribution in [3.63, 3.8) is 0 Å². The van der Waals surface area contributed by atoms with E-state index in [1.165, 1.54) is 7.11 Å². The number of nitrogens with zero attached hydrogens (tertiary/aromatic N) is 3. The predicted octanol–water partition coefficient (Wildman–Crippen LogP) is 4.10. The first-order chi connectivity index (χ1) is 15.7. The van der Waals surface area contributed by atoms with Crippen molar-refractivity contribution in [2.75, 3.05) is 26.2 Å². The minimum atomic E-state index is -0.431. The Bertz CT molecular complexity index is 1190. The Morgan fingerprint density at radius 2 is 1.76 bits per heavy atom. The summed E-state index contributed by atoms with van der Waals surface area (Å²) in [5, 5.41) is 8.64. The second-order valence-corrected chi connectivity index (χ2v) is 8.96. The third kappa shape index (κ3) is 3.76. The van der Waals surface area contributed by atoms with Gasteiger partial charge in [0.05, 0.1) is 20.3 Å². The number of anilines is 1. The van der Waals surface area contributed by atoms with E-state index in [0.717, 1.165) is 21.9 Å². The van der Waals surface area contributed by atoms with Crippen LogP contribution in [0.1, 0.15) is 64.5 Å². The number of H-pyrrole nitrogens is 1. The minimum absolute atomic E-state index is 0.208. The number of aromatic nitrogens is 2. The van der Waals surface area contributed by atoms with Gasteiger partial charge in [0.1, 0.15) is 5.75 Å². The van der Waals surface area contributed by atoms with Crippen LogP contribution in [0.25, 0.3) is 0 Å². The molecule has 1 aliphatic rings. The molecule has 1 aromatic heterocycles. The molecule has 8 nitrogen and oxygen atoms in total. The second-order valence-electron chi connectivity index (χ2n) is 8.96. The van der Waals surface area contributed by atoms with Crippen molar-refractivity contribution in [3.05, 3.63) is 76.6 Å². The first-order valence-corrected chi connectivity index (χ1v) is 10.7. The molecule has 0 fully saturated rings. The van der Waals surface area contributed by atoms with Gasteiger partial charge < -0.3 is 4.74 Å². The van der Waals surface area contributed by atoms with E-state index in [9.17, 15) is 9.59 Å². The fraction of sp³-hybridized carbons (Fsp3) is 0.320. The van der Waals surface area contributed by atoms with Crippen molar-refractivity contribution in [2.45, 2.75) is 32.2 Å². The van der Waals surface area contributed by atoms with Gasteiger partial charge in [0, 0.05) is 40.5 Å². The number of rotatable bonds is 5. The SMILES string of the molecule is COc1ccccc1C1c2c(n[nH]c2C(C)(C)C)C(=O)N1c1ccc(C(=O)N(C)OC)cc1. The fourth-order valence-electron chi connectivity index (χ4n) is 4.19. The molecular formula is C25H28N4O4. The number of carbonyl (C=O) groups is 2. The summed E-state index contributed by atoms with van der Waals surface area (Å²) in [6.45, 7) is 6.25. The Morgan fingerprint density at radius 1 is 1.09 bits per heavy atom. The number of ether oxygens (including phenoxy) is 1. The number of hydrogen-bond donors (Lipinski definition) is 1. The molecule has 0 saturated heterocycles. The monoisotopic (exact) mass is 448 g/mol. The number of hydrogen-bond acceptors (Lipinski definition) is 5. The molecule has 1 atom stereocenters. The number of para-hydroxylation sites is 1. The molecular weight excluding hydrogens is 420 g/mol. The highest BCUT2D eigenvalue weighted by atomic mass is 16.7. The highest BCUT2D eigenvalue weighted by molar-refractivity contribution is 6.11. The highest BCUT2D eigenvalue weighted by Crippen LogP contribution is 2.47. The lowest BCUT2D eigenvalue weighted by Gasteiger charge is -2.29. The number of hydroxylamine groups is 2. The Kier molecular flexibility index (Phi) is 5.71. The number of nitrogens with one attached hydrogen (secondary N) is 1. The van der Waals surface area contributed by atoms with E-state index >= 15 is 0 Å². The predicted molar refractivity (Wildman–Crippen MR) is 124 cm³/mol. The van der Waals surface area contributed by atoms with Gasteiger partial charge in [0.15, 0.2) is 5.69 Å². The van der Waals surface area contributed by atoms with Crippen LogP contribution in [0.3, 0.4) is 0 Å². The van der Waals surface area contributed by atoms with Gasteiger partial charge in [-0.2, -0.15) is 5.10 Å². The van der Waals surface area contributed by atoms with Gasteiger partial charge in [-0.05, 0) is 30.3 Å². The van der Waals surface area contributed by atoms with E-state index in [1.807, 2.05) is 24.3 Å². The van der Waals surface area contributed by atoms with Gasteiger partial charge in [-0.3, -0.25) is 24.4 Å². The molecule has 0 aliphatic carbocycles. The average molecular weight is 449 g/mol. The molecule has 1 aliphatic heterocycles. The van der Waals surface area contributed by atoms with E-state index in [1.54, 1.807) is 43.3 Å². The van der Waals surface area contributed by atoms with Crippen molar-refractivity contribution in [3.8, 4) is 5.75 Å². The zero-order valence-corrected chi connectivity index (χ0v) is 19.7. The maximum absolute atomic E-state index is 13.6. The summed E-state index contributed by atoms with van der Waals surface area (Å²) in [6.07, 6.45) is 0. The van der Waals surface area contributed by atoms with Crippen LogP contribution < -0.4 is 9.64 Å². The lowest BCUT2D eigenvalue weighted by molar-refractivity contribution is -0.0756. The highest BCUT2D eigenvalue weighted by Gasteiger charge is 2.45. The molecule has 172 valence electrons. The molecule has 8 heteroatoms. The average Bonchev–Trinajstić information content (AvgIpc) is 3.37. The van der Waals surface area contributed by atoms with Gasteiger partial charge in [-0.1, -0.05) is 39.0 Å². The molecule has 0 saturated carbocycles. The van der Waals surface area contributed by atoms with Crippen molar-refractivity contribution in [2.24, 2.45) is 0 Å². The molecule has 1 N–H and O–H groups in total. The van der Waals surface area contributed by atoms with Crippen molar-refractivity contribution in [1.29, 1.82) is 0 Å². The molecule has 33 heavy (non-hydrogen) atoms. The topological polar surface area (TPSA) is 87.8 Å². The summed E-state index contributed by atoms with van der Waals surface area (Å²) in [5.41, 5.74) is 3.86. The van der Waals surface area contributed by atoms with Crippen LogP contribution in [0.4, 0.5) is 5.69 Å². The van der Waals surface area contributed by atoms with Crippen LogP contribution in [-0.4, -0.2) is 48.3 Å². The molecule has 4 rings (SSSR count). The lowest BCUT2D eigenvalue weighted by atomic mass is 9.85. The molecule has 0 bridgehead atoms. The summed E-state index contributed by atoms with van der Waals surface area (Å²) < 4.78 is 5.65. The van der Waals surface area contributed by atoms with E-state index in [-0.39, 0.29) is 17.2 Å². The largest absolute Gasteiger partial charge is 0.496 e. The quantitative estimate of drug-likeness (QED) is 0.594. The number of methoxy groups -OCH3 is 1. The van der Waals surface area contributed by atoms with E-state index in [0.29, 0.717) is 22.7 Å². The lowest BCUT2D eigenvalue weighted by Crippen LogP contribution is -2.30. The van der Waals surface area contributed by atoms with Crippen LogP contribution in [0.5, 0.6) is 5.75 Å². The first-order valence-electron chi connectivity index (χ1n) is 10.7. The number of amides is 2. The van der Waals surface area contributed by atoms with Gasteiger partial charge in [0.2, 0.25) is 0 Å². The van der Waals surface area contributed by atoms with Gasteiger partial charge in [-0.15, -0.1) is 0 Å². The van der Waals surface area contributed by atoms with Crippen LogP contribution in [0, 0.1) is 0 Å². The molecule has 3 aromatic rings. The standard InChI is InChI=1S/C25H28N4O4/c1-25(2,3)22-19-20(26-27-22)24(31)29(21(19)17-9-7-8-10-18(17)32-5)16-13-11-15(12-14-16)23(30)28(4)33-6/h7-14,21H,1-6H3,(H,26,27). The van der Waals surface area contributed by atoms with Crippen LogP contribution >= 0.6 is 0 Å². The summed E-state index contributed by atoms with van der Waals surface area (Å²) in [4.78, 5) is 32.7. The van der Waals surface area contributed by atoms with Crippen LogP contribution in [0.2, 0.25) is 0 Å². The molecule has 2 amide bonds. The van der Waals surface area contributed by atoms with Crippen LogP contribution in [0.15, 0.2) is 48.5 Å². The summed E-state index contributed by atoms with van der Waals surface area (Å²) in [7, 11) is 4.60. The molecule has 2 aromatic carbocycles. The van der Waals surface area contributed by atoms with Crippen molar-refractivity contribution >= 4 is 17.5 Å². The Morgan fingerprint density at radius 3 is 2.36 bits per heavy atom. The minimum Gasteiger partial charge on any atom is -0.496 e. The van der Waals surface area contributed by atoms with E-state index in [4.69, 9.17) is 9.57 Å². The molecule has 1 unspecified atom stereocenters. The summed E-state index contributed by atoms with van der Waals surface area (Å²) in [5.74, 6) is 0.199. The van der Waals surface area contributed by atoms with Crippen LogP contribution in [-0.2, 0) is 10.3 Å². The van der Waals surface area contributed by atoms with Gasteiger partial charge in [-0.25, -0.2) is 5.06 Å². The number of carbonyl (C=O) groups excluding carboxylic acids is 2. The maximum Gasteiger partial charge on any atom is 0.280 e. The normalized spacial score (nSPS) is 15.5. The van der Waals surface area contributed by atoms with Gasteiger partial charge >= 0.3 is 0 Å². The fourth-order valence-corrected chi connectivity index (χ4v) is 4.19. The molecule has 0 radical (unpaired) electrons. The van der Waals surface area contributed by atoms with E-state index in [2.05, 4.69) is 31.0 Å².